The lowest BCUT2D eigenvalue weighted by atomic mass is 10.1. The maximum atomic E-state index is 14.8. The number of anilines is 2. The summed E-state index contributed by atoms with van der Waals surface area (Å²) >= 11 is 0. The molecule has 7 nitrogen and oxygen atoms in total. The molecule has 0 saturated heterocycles. The van der Waals surface area contributed by atoms with E-state index in [1.807, 2.05) is 18.2 Å². The van der Waals surface area contributed by atoms with Crippen molar-refractivity contribution >= 4 is 22.8 Å². The molecule has 0 radical (unpaired) electrons. The van der Waals surface area contributed by atoms with Gasteiger partial charge in [0, 0.05) is 30.4 Å². The van der Waals surface area contributed by atoms with Gasteiger partial charge in [0.05, 0.1) is 16.8 Å². The Labute approximate surface area is 192 Å². The summed E-state index contributed by atoms with van der Waals surface area (Å²) in [6, 6.07) is 15.1. The lowest BCUT2D eigenvalue weighted by Gasteiger charge is -2.09. The van der Waals surface area contributed by atoms with Crippen LogP contribution in [0.2, 0.25) is 0 Å². The average Bonchev–Trinajstić information content (AvgIpc) is 3.17. The van der Waals surface area contributed by atoms with Crippen LogP contribution in [0, 0.1) is 17.5 Å². The van der Waals surface area contributed by atoms with Crippen LogP contribution >= 0.6 is 0 Å². The number of aromatic nitrogens is 5. The van der Waals surface area contributed by atoms with E-state index in [9.17, 15) is 13.2 Å². The van der Waals surface area contributed by atoms with E-state index < -0.39 is 17.5 Å². The molecule has 5 rings (SSSR count). The normalized spacial score (nSPS) is 11.1. The zero-order valence-corrected chi connectivity index (χ0v) is 17.7. The molecule has 0 aliphatic heterocycles. The van der Waals surface area contributed by atoms with Crippen LogP contribution in [0.15, 0.2) is 66.9 Å². The van der Waals surface area contributed by atoms with Crippen molar-refractivity contribution in [3.05, 3.63) is 90.0 Å². The Hall–Kier alpha value is -4.47. The Bertz CT molecular complexity index is 1490. The number of halogens is 3. The minimum atomic E-state index is -1.07. The summed E-state index contributed by atoms with van der Waals surface area (Å²) in [5, 5.41) is 7.70. The van der Waals surface area contributed by atoms with Crippen molar-refractivity contribution in [2.45, 2.75) is 6.42 Å². The summed E-state index contributed by atoms with van der Waals surface area (Å²) in [4.78, 5) is 13.1. The fraction of sp³-hybridized carbons (Fsp3) is 0.0833. The highest BCUT2D eigenvalue weighted by atomic mass is 19.2. The molecule has 5 aromatic rings. The van der Waals surface area contributed by atoms with Crippen LogP contribution in [0.25, 0.3) is 28.0 Å². The Morgan fingerprint density at radius 3 is 2.59 bits per heavy atom. The van der Waals surface area contributed by atoms with Crippen molar-refractivity contribution in [1.29, 1.82) is 0 Å². The molecule has 0 unspecified atom stereocenters. The number of nitrogen functional groups attached to an aromatic ring is 1. The van der Waals surface area contributed by atoms with Crippen LogP contribution in [0.5, 0.6) is 0 Å². The first-order valence-corrected chi connectivity index (χ1v) is 10.4. The lowest BCUT2D eigenvalue weighted by molar-refractivity contribution is 0.511. The molecule has 10 heteroatoms. The summed E-state index contributed by atoms with van der Waals surface area (Å²) in [5.41, 5.74) is 7.68. The molecule has 3 N–H and O–H groups in total. The fourth-order valence-corrected chi connectivity index (χ4v) is 3.63. The molecule has 0 aliphatic carbocycles. The number of nitrogens with one attached hydrogen (secondary N) is 1. The predicted molar refractivity (Wildman–Crippen MR) is 123 cm³/mol. The van der Waals surface area contributed by atoms with Crippen LogP contribution in [0.3, 0.4) is 0 Å². The van der Waals surface area contributed by atoms with Gasteiger partial charge in [0.1, 0.15) is 11.6 Å². The average molecular weight is 461 g/mol. The highest BCUT2D eigenvalue weighted by Crippen LogP contribution is 2.34. The molecule has 0 spiro atoms. The SMILES string of the molecule is Nc1c2c(-c3cccc(F)c3F)nc(NCCc3ccccn3)nc2nn1-c1cccc(F)c1. The van der Waals surface area contributed by atoms with E-state index in [0.29, 0.717) is 18.7 Å². The quantitative estimate of drug-likeness (QED) is 0.386. The largest absolute Gasteiger partial charge is 0.383 e. The Morgan fingerprint density at radius 1 is 0.941 bits per heavy atom. The van der Waals surface area contributed by atoms with Crippen LogP contribution in [0.4, 0.5) is 24.9 Å². The second-order valence-corrected chi connectivity index (χ2v) is 7.47. The van der Waals surface area contributed by atoms with Crippen LogP contribution in [-0.4, -0.2) is 31.3 Å². The first-order chi connectivity index (χ1) is 16.5. The highest BCUT2D eigenvalue weighted by molar-refractivity contribution is 5.99. The molecule has 0 aliphatic rings. The number of nitrogens with two attached hydrogens (primary N) is 1. The van der Waals surface area contributed by atoms with Crippen molar-refractivity contribution in [1.82, 2.24) is 24.7 Å². The third-order valence-corrected chi connectivity index (χ3v) is 5.22. The molecule has 0 atom stereocenters. The lowest BCUT2D eigenvalue weighted by Crippen LogP contribution is -2.09. The van der Waals surface area contributed by atoms with Crippen molar-refractivity contribution in [3.8, 4) is 16.9 Å². The van der Waals surface area contributed by atoms with Crippen molar-refractivity contribution in [3.63, 3.8) is 0 Å². The van der Waals surface area contributed by atoms with E-state index in [4.69, 9.17) is 5.73 Å². The number of hydrogen-bond donors (Lipinski definition) is 2. The van der Waals surface area contributed by atoms with Crippen LogP contribution in [0.1, 0.15) is 5.69 Å². The minimum absolute atomic E-state index is 0.0688. The van der Waals surface area contributed by atoms with E-state index >= 15 is 0 Å². The summed E-state index contributed by atoms with van der Waals surface area (Å²) in [7, 11) is 0. The molecular weight excluding hydrogens is 443 g/mol. The van der Waals surface area contributed by atoms with Gasteiger partial charge in [0.2, 0.25) is 5.95 Å². The van der Waals surface area contributed by atoms with Gasteiger partial charge in [-0.2, -0.15) is 4.98 Å². The van der Waals surface area contributed by atoms with Crippen molar-refractivity contribution in [2.75, 3.05) is 17.6 Å². The van der Waals surface area contributed by atoms with Crippen molar-refractivity contribution in [2.24, 2.45) is 0 Å². The second-order valence-electron chi connectivity index (χ2n) is 7.47. The van der Waals surface area contributed by atoms with Gasteiger partial charge >= 0.3 is 0 Å². The van der Waals surface area contributed by atoms with Gasteiger partial charge < -0.3 is 11.1 Å². The number of nitrogens with zero attached hydrogens (tertiary/aromatic N) is 5. The van der Waals surface area contributed by atoms with E-state index in [1.165, 1.54) is 35.0 Å². The number of hydrogen-bond acceptors (Lipinski definition) is 6. The molecule has 0 saturated carbocycles. The summed E-state index contributed by atoms with van der Waals surface area (Å²) in [6.07, 6.45) is 2.29. The third kappa shape index (κ3) is 4.01. The summed E-state index contributed by atoms with van der Waals surface area (Å²) in [6.45, 7) is 0.438. The van der Waals surface area contributed by atoms with E-state index in [1.54, 1.807) is 12.3 Å². The summed E-state index contributed by atoms with van der Waals surface area (Å²) in [5.74, 6) is -2.34. The van der Waals surface area contributed by atoms with E-state index in [2.05, 4.69) is 25.4 Å². The number of benzene rings is 2. The standard InChI is InChI=1S/C24H18F3N7/c25-14-5-3-7-16(13-14)34-22(28)19-21(17-8-4-9-18(26)20(17)27)31-24(32-23(19)33-34)30-12-10-15-6-1-2-11-29-15/h1-9,11,13H,10,12,28H2,(H,30,32,33). The third-order valence-electron chi connectivity index (χ3n) is 5.22. The summed E-state index contributed by atoms with van der Waals surface area (Å²) < 4.78 is 43.9. The van der Waals surface area contributed by atoms with Crippen molar-refractivity contribution < 1.29 is 13.2 Å². The van der Waals surface area contributed by atoms with Crippen LogP contribution < -0.4 is 11.1 Å². The molecule has 0 amide bonds. The monoisotopic (exact) mass is 461 g/mol. The second kappa shape index (κ2) is 8.81. The highest BCUT2D eigenvalue weighted by Gasteiger charge is 2.22. The molecule has 0 bridgehead atoms. The zero-order valence-electron chi connectivity index (χ0n) is 17.7. The van der Waals surface area contributed by atoms with Gasteiger partial charge in [-0.3, -0.25) is 4.98 Å². The topological polar surface area (TPSA) is 94.5 Å². The molecular formula is C24H18F3N7. The molecule has 3 heterocycles. The van der Waals surface area contributed by atoms with E-state index in [0.717, 1.165) is 11.8 Å². The maximum absolute atomic E-state index is 14.8. The van der Waals surface area contributed by atoms with Gasteiger partial charge in [-0.25, -0.2) is 22.8 Å². The van der Waals surface area contributed by atoms with Gasteiger partial charge in [0.25, 0.3) is 0 Å². The molecule has 170 valence electrons. The van der Waals surface area contributed by atoms with Crippen LogP contribution in [-0.2, 0) is 6.42 Å². The fourth-order valence-electron chi connectivity index (χ4n) is 3.63. The molecule has 34 heavy (non-hydrogen) atoms. The van der Waals surface area contributed by atoms with Gasteiger partial charge in [-0.15, -0.1) is 5.10 Å². The Kier molecular flexibility index (Phi) is 5.54. The van der Waals surface area contributed by atoms with Gasteiger partial charge in [-0.1, -0.05) is 18.2 Å². The predicted octanol–water partition coefficient (Wildman–Crippen LogP) is 4.53. The van der Waals surface area contributed by atoms with Gasteiger partial charge in [-0.05, 0) is 42.5 Å². The van der Waals surface area contributed by atoms with E-state index in [-0.39, 0.29) is 34.1 Å². The first-order valence-electron chi connectivity index (χ1n) is 10.4. The maximum Gasteiger partial charge on any atom is 0.225 e. The minimum Gasteiger partial charge on any atom is -0.383 e. The zero-order chi connectivity index (χ0) is 23.7. The first kappa shape index (κ1) is 21.4. The molecule has 0 fully saturated rings. The number of pyridine rings is 1. The molecule has 2 aromatic carbocycles. The smallest absolute Gasteiger partial charge is 0.225 e. The molecule has 3 aromatic heterocycles. The number of rotatable bonds is 6. The Balaban J connectivity index is 1.62. The number of fused-ring (bicyclic) bond motifs is 1. The Morgan fingerprint density at radius 2 is 1.79 bits per heavy atom. The van der Waals surface area contributed by atoms with Gasteiger partial charge in [0.15, 0.2) is 17.3 Å².